The van der Waals surface area contributed by atoms with Crippen LogP contribution in [0.2, 0.25) is 0 Å². The molecule has 0 bridgehead atoms. The molecule has 2 heterocycles. The van der Waals surface area contributed by atoms with Gasteiger partial charge in [0.25, 0.3) is 0 Å². The molecule has 2 aliphatic rings. The third-order valence-electron chi connectivity index (χ3n) is 6.43. The van der Waals surface area contributed by atoms with E-state index in [1.807, 2.05) is 6.92 Å². The van der Waals surface area contributed by atoms with Gasteiger partial charge in [-0.15, -0.1) is 0 Å². The van der Waals surface area contributed by atoms with Gasteiger partial charge in [0, 0.05) is 25.6 Å². The van der Waals surface area contributed by atoms with Crippen molar-refractivity contribution in [1.82, 2.24) is 9.21 Å². The molecule has 2 aromatic rings. The number of carbonyl (C=O) groups is 2. The van der Waals surface area contributed by atoms with Crippen molar-refractivity contribution in [2.24, 2.45) is 5.92 Å². The Hall–Kier alpha value is -2.78. The van der Waals surface area contributed by atoms with Crippen molar-refractivity contribution >= 4 is 27.5 Å². The van der Waals surface area contributed by atoms with Crippen LogP contribution in [-0.4, -0.2) is 55.1 Å². The van der Waals surface area contributed by atoms with E-state index in [9.17, 15) is 22.4 Å². The van der Waals surface area contributed by atoms with Crippen LogP contribution in [0, 0.1) is 18.7 Å². The lowest BCUT2D eigenvalue weighted by molar-refractivity contribution is -0.141. The average molecular weight is 474 g/mol. The monoisotopic (exact) mass is 473 g/mol. The maximum absolute atomic E-state index is 13.9. The van der Waals surface area contributed by atoms with E-state index in [1.54, 1.807) is 41.3 Å². The van der Waals surface area contributed by atoms with Gasteiger partial charge in [0.1, 0.15) is 11.9 Å². The van der Waals surface area contributed by atoms with Gasteiger partial charge in [0.2, 0.25) is 21.8 Å². The number of likely N-dealkylation sites (tertiary alicyclic amines) is 1. The Morgan fingerprint density at radius 3 is 2.30 bits per heavy atom. The van der Waals surface area contributed by atoms with Crippen molar-refractivity contribution in [3.05, 3.63) is 59.9 Å². The maximum Gasteiger partial charge on any atom is 0.247 e. The first-order chi connectivity index (χ1) is 15.8. The highest BCUT2D eigenvalue weighted by molar-refractivity contribution is 7.89. The Kier molecular flexibility index (Phi) is 6.81. The molecule has 2 fully saturated rings. The minimum Gasteiger partial charge on any atom is -0.330 e. The largest absolute Gasteiger partial charge is 0.330 e. The molecular weight excluding hydrogens is 445 g/mol. The number of nitrogens with zero attached hydrogens (tertiary/aromatic N) is 2. The van der Waals surface area contributed by atoms with Crippen LogP contribution in [-0.2, 0) is 19.6 Å². The van der Waals surface area contributed by atoms with Crippen LogP contribution < -0.4 is 5.32 Å². The number of para-hydroxylation sites is 1. The van der Waals surface area contributed by atoms with Gasteiger partial charge in [-0.05, 0) is 56.9 Å². The minimum absolute atomic E-state index is 0.0939. The van der Waals surface area contributed by atoms with Gasteiger partial charge in [-0.2, -0.15) is 4.31 Å². The fraction of sp³-hybridized carbons (Fsp3) is 0.417. The summed E-state index contributed by atoms with van der Waals surface area (Å²) in [6.07, 6.45) is 2.03. The van der Waals surface area contributed by atoms with E-state index in [0.29, 0.717) is 32.2 Å². The van der Waals surface area contributed by atoms with Crippen LogP contribution in [0.4, 0.5) is 10.1 Å². The molecule has 0 aliphatic carbocycles. The molecule has 0 spiro atoms. The highest BCUT2D eigenvalue weighted by Gasteiger charge is 2.39. The standard InChI is InChI=1S/C24H28FN3O4S/c1-17-8-10-19(11-9-17)33(31,32)27-15-12-18(13-16-27)24(30)28-14-4-7-22(28)23(29)26-21-6-3-2-5-20(21)25/h2-3,5-6,8-11,18,22H,4,7,12-16H2,1H3,(H,26,29). The van der Waals surface area contributed by atoms with Gasteiger partial charge in [-0.25, -0.2) is 12.8 Å². The number of rotatable bonds is 5. The second-order valence-corrected chi connectivity index (χ2v) is 10.6. The number of nitrogens with one attached hydrogen (secondary N) is 1. The zero-order valence-electron chi connectivity index (χ0n) is 18.5. The van der Waals surface area contributed by atoms with Crippen LogP contribution in [0.1, 0.15) is 31.2 Å². The predicted molar refractivity (Wildman–Crippen MR) is 122 cm³/mol. The highest BCUT2D eigenvalue weighted by Crippen LogP contribution is 2.29. The summed E-state index contributed by atoms with van der Waals surface area (Å²) in [4.78, 5) is 27.8. The number of hydrogen-bond donors (Lipinski definition) is 1. The quantitative estimate of drug-likeness (QED) is 0.723. The molecule has 2 aliphatic heterocycles. The van der Waals surface area contributed by atoms with Crippen molar-refractivity contribution in [2.45, 2.75) is 43.5 Å². The molecule has 7 nitrogen and oxygen atoms in total. The second kappa shape index (κ2) is 9.61. The summed E-state index contributed by atoms with van der Waals surface area (Å²) in [5.74, 6) is -1.39. The number of piperidine rings is 1. The molecule has 0 radical (unpaired) electrons. The van der Waals surface area contributed by atoms with Crippen molar-refractivity contribution in [3.63, 3.8) is 0 Å². The van der Waals surface area contributed by atoms with Crippen molar-refractivity contribution in [3.8, 4) is 0 Å². The SMILES string of the molecule is Cc1ccc(S(=O)(=O)N2CCC(C(=O)N3CCCC3C(=O)Nc3ccccc3F)CC2)cc1. The molecule has 4 rings (SSSR count). The van der Waals surface area contributed by atoms with E-state index in [1.165, 1.54) is 16.4 Å². The number of aryl methyl sites for hydroxylation is 1. The van der Waals surface area contributed by atoms with Gasteiger partial charge in [-0.3, -0.25) is 9.59 Å². The number of sulfonamides is 1. The first-order valence-corrected chi connectivity index (χ1v) is 12.6. The summed E-state index contributed by atoms with van der Waals surface area (Å²) < 4.78 is 41.2. The lowest BCUT2D eigenvalue weighted by Gasteiger charge is -2.34. The van der Waals surface area contributed by atoms with Crippen molar-refractivity contribution in [2.75, 3.05) is 25.0 Å². The fourth-order valence-electron chi connectivity index (χ4n) is 4.52. The van der Waals surface area contributed by atoms with Gasteiger partial charge in [0.15, 0.2) is 0 Å². The van der Waals surface area contributed by atoms with E-state index < -0.39 is 27.8 Å². The van der Waals surface area contributed by atoms with Crippen LogP contribution in [0.25, 0.3) is 0 Å². The third kappa shape index (κ3) is 4.94. The molecule has 33 heavy (non-hydrogen) atoms. The Labute approximate surface area is 193 Å². The van der Waals surface area contributed by atoms with Gasteiger partial charge < -0.3 is 10.2 Å². The first-order valence-electron chi connectivity index (χ1n) is 11.2. The maximum atomic E-state index is 13.9. The smallest absolute Gasteiger partial charge is 0.247 e. The molecule has 176 valence electrons. The van der Waals surface area contributed by atoms with Crippen LogP contribution in [0.5, 0.6) is 0 Å². The lowest BCUT2D eigenvalue weighted by Crippen LogP contribution is -2.48. The van der Waals surface area contributed by atoms with E-state index in [0.717, 1.165) is 5.56 Å². The van der Waals surface area contributed by atoms with E-state index in [-0.39, 0.29) is 35.5 Å². The molecule has 0 saturated carbocycles. The Morgan fingerprint density at radius 1 is 0.970 bits per heavy atom. The van der Waals surface area contributed by atoms with E-state index >= 15 is 0 Å². The van der Waals surface area contributed by atoms with E-state index in [2.05, 4.69) is 5.32 Å². The Morgan fingerprint density at radius 2 is 1.64 bits per heavy atom. The number of benzene rings is 2. The molecule has 1 unspecified atom stereocenters. The summed E-state index contributed by atoms with van der Waals surface area (Å²) in [6.45, 7) is 2.88. The molecular formula is C24H28FN3O4S. The predicted octanol–water partition coefficient (Wildman–Crippen LogP) is 3.16. The normalized spacial score (nSPS) is 20.1. The molecule has 1 atom stereocenters. The molecule has 0 aromatic heterocycles. The average Bonchev–Trinajstić information content (AvgIpc) is 3.31. The molecule has 2 amide bonds. The lowest BCUT2D eigenvalue weighted by atomic mass is 9.96. The third-order valence-corrected chi connectivity index (χ3v) is 8.35. The number of amides is 2. The number of hydrogen-bond acceptors (Lipinski definition) is 4. The summed E-state index contributed by atoms with van der Waals surface area (Å²) >= 11 is 0. The number of halogens is 1. The summed E-state index contributed by atoms with van der Waals surface area (Å²) in [5, 5.41) is 2.59. The van der Waals surface area contributed by atoms with Crippen LogP contribution in [0.15, 0.2) is 53.4 Å². The van der Waals surface area contributed by atoms with Crippen LogP contribution >= 0.6 is 0 Å². The van der Waals surface area contributed by atoms with Gasteiger partial charge >= 0.3 is 0 Å². The number of anilines is 1. The zero-order valence-corrected chi connectivity index (χ0v) is 19.4. The second-order valence-electron chi connectivity index (χ2n) is 8.65. The zero-order chi connectivity index (χ0) is 23.6. The van der Waals surface area contributed by atoms with Gasteiger partial charge in [-0.1, -0.05) is 29.8 Å². The molecule has 2 aromatic carbocycles. The highest BCUT2D eigenvalue weighted by atomic mass is 32.2. The summed E-state index contributed by atoms with van der Waals surface area (Å²) in [5.41, 5.74) is 1.08. The minimum atomic E-state index is -3.60. The Bertz CT molecular complexity index is 1130. The Balaban J connectivity index is 1.38. The molecule has 9 heteroatoms. The topological polar surface area (TPSA) is 86.8 Å². The summed E-state index contributed by atoms with van der Waals surface area (Å²) in [7, 11) is -3.60. The fourth-order valence-corrected chi connectivity index (χ4v) is 5.99. The first kappa shape index (κ1) is 23.4. The van der Waals surface area contributed by atoms with Crippen molar-refractivity contribution < 1.29 is 22.4 Å². The van der Waals surface area contributed by atoms with Gasteiger partial charge in [0.05, 0.1) is 10.6 Å². The molecule has 2 saturated heterocycles. The van der Waals surface area contributed by atoms with E-state index in [4.69, 9.17) is 0 Å². The number of carbonyl (C=O) groups excluding carboxylic acids is 2. The summed E-state index contributed by atoms with van der Waals surface area (Å²) in [6, 6.07) is 12.0. The molecule has 1 N–H and O–H groups in total. The van der Waals surface area contributed by atoms with Crippen molar-refractivity contribution in [1.29, 1.82) is 0 Å². The van der Waals surface area contributed by atoms with Crippen LogP contribution in [0.3, 0.4) is 0 Å².